The van der Waals surface area contributed by atoms with Gasteiger partial charge in [-0.05, 0) is 81.4 Å². The van der Waals surface area contributed by atoms with Crippen LogP contribution in [0, 0.1) is 13.8 Å². The molecule has 2 N–H and O–H groups in total. The lowest BCUT2D eigenvalue weighted by Crippen LogP contribution is -2.24. The van der Waals surface area contributed by atoms with Crippen LogP contribution in [0.25, 0.3) is 28.5 Å². The maximum Gasteiger partial charge on any atom is 0.256 e. The topological polar surface area (TPSA) is 95.9 Å². The molecule has 4 heterocycles. The van der Waals surface area contributed by atoms with Gasteiger partial charge in [0.15, 0.2) is 5.78 Å². The van der Waals surface area contributed by atoms with Crippen molar-refractivity contribution in [2.45, 2.75) is 40.5 Å². The largest absolute Gasteiger partial charge is 0.358 e. The van der Waals surface area contributed by atoms with E-state index in [4.69, 9.17) is 0 Å². The summed E-state index contributed by atoms with van der Waals surface area (Å²) >= 11 is 0. The molecule has 1 aliphatic rings. The van der Waals surface area contributed by atoms with E-state index in [9.17, 15) is 9.59 Å². The number of ketones is 1. The van der Waals surface area contributed by atoms with Gasteiger partial charge in [0.2, 0.25) is 0 Å². The summed E-state index contributed by atoms with van der Waals surface area (Å²) in [6.07, 6.45) is 10.4. The molecule has 0 aliphatic carbocycles. The summed E-state index contributed by atoms with van der Waals surface area (Å²) in [7, 11) is 0. The minimum absolute atomic E-state index is 0.141. The number of H-pyrrole nitrogens is 1. The lowest BCUT2D eigenvalue weighted by atomic mass is 9.98. The number of carbonyl (C=O) groups excluding carboxylic acids is 2. The Labute approximate surface area is 228 Å². The third-order valence-corrected chi connectivity index (χ3v) is 7.45. The molecule has 1 aromatic carbocycles. The van der Waals surface area contributed by atoms with Crippen LogP contribution in [-0.2, 0) is 4.79 Å². The Morgan fingerprint density at radius 1 is 1.10 bits per heavy atom. The van der Waals surface area contributed by atoms with Gasteiger partial charge in [-0.3, -0.25) is 14.6 Å². The smallest absolute Gasteiger partial charge is 0.256 e. The van der Waals surface area contributed by atoms with Gasteiger partial charge in [-0.25, -0.2) is 4.68 Å². The molecule has 4 aromatic rings. The molecular weight excluding hydrogens is 488 g/mol. The standard InChI is InChI=1S/C31H34N6O2/c1-5-36(6-2)14-8-10-29(38)30-20(3)28(34-21(30)4)16-26-25-15-22(11-12-27(25)35-31(26)39)23-17-33-37(19-23)24-9-7-13-32-18-24/h7,9,11-13,15-19,34H,5-6,8,10,14H2,1-4H3,(H,35,39)/b26-16-. The fraction of sp³-hybridized carbons (Fsp3) is 0.290. The van der Waals surface area contributed by atoms with Crippen molar-refractivity contribution in [3.63, 3.8) is 0 Å². The SMILES string of the molecule is CCN(CC)CCCC(=O)c1c(C)[nH]c(/C=C2\C(=O)Nc3ccc(-c4cnn(-c5cccnc5)c4)cc32)c1C. The van der Waals surface area contributed by atoms with Crippen LogP contribution in [-0.4, -0.2) is 56.0 Å². The van der Waals surface area contributed by atoms with Gasteiger partial charge in [0.05, 0.1) is 23.7 Å². The number of fused-ring (bicyclic) bond motifs is 1. The first-order chi connectivity index (χ1) is 18.9. The van der Waals surface area contributed by atoms with Crippen molar-refractivity contribution >= 4 is 29.0 Å². The maximum atomic E-state index is 13.1. The number of nitrogens with zero attached hydrogens (tertiary/aromatic N) is 4. The van der Waals surface area contributed by atoms with E-state index in [1.165, 1.54) is 0 Å². The number of nitrogens with one attached hydrogen (secondary N) is 2. The normalized spacial score (nSPS) is 13.8. The van der Waals surface area contributed by atoms with Crippen molar-refractivity contribution in [2.24, 2.45) is 0 Å². The summed E-state index contributed by atoms with van der Waals surface area (Å²) in [5, 5.41) is 7.45. The zero-order chi connectivity index (χ0) is 27.5. The molecule has 0 saturated carbocycles. The Kier molecular flexibility index (Phi) is 7.56. The van der Waals surface area contributed by atoms with Gasteiger partial charge in [-0.2, -0.15) is 5.10 Å². The van der Waals surface area contributed by atoms with Crippen molar-refractivity contribution in [1.29, 1.82) is 0 Å². The van der Waals surface area contributed by atoms with Gasteiger partial charge >= 0.3 is 0 Å². The van der Waals surface area contributed by atoms with Crippen LogP contribution < -0.4 is 5.32 Å². The number of anilines is 1. The van der Waals surface area contributed by atoms with Crippen LogP contribution in [0.2, 0.25) is 0 Å². The quantitative estimate of drug-likeness (QED) is 0.206. The van der Waals surface area contributed by atoms with Crippen molar-refractivity contribution < 1.29 is 9.59 Å². The predicted octanol–water partition coefficient (Wildman–Crippen LogP) is 5.68. The van der Waals surface area contributed by atoms with Gasteiger partial charge in [-0.1, -0.05) is 19.9 Å². The molecule has 0 fully saturated rings. The summed E-state index contributed by atoms with van der Waals surface area (Å²) in [6, 6.07) is 9.72. The number of amides is 1. The lowest BCUT2D eigenvalue weighted by Gasteiger charge is -2.17. The van der Waals surface area contributed by atoms with E-state index in [1.54, 1.807) is 23.3 Å². The van der Waals surface area contributed by atoms with E-state index in [0.29, 0.717) is 12.0 Å². The molecule has 0 spiro atoms. The molecule has 0 saturated heterocycles. The highest BCUT2D eigenvalue weighted by Gasteiger charge is 2.26. The third-order valence-electron chi connectivity index (χ3n) is 7.45. The first-order valence-electron chi connectivity index (χ1n) is 13.5. The molecule has 0 atom stereocenters. The van der Waals surface area contributed by atoms with Gasteiger partial charge < -0.3 is 15.2 Å². The number of aryl methyl sites for hydroxylation is 1. The van der Waals surface area contributed by atoms with Crippen molar-refractivity contribution in [1.82, 2.24) is 24.6 Å². The molecule has 1 aliphatic heterocycles. The van der Waals surface area contributed by atoms with Crippen molar-refractivity contribution in [2.75, 3.05) is 25.0 Å². The van der Waals surface area contributed by atoms with E-state index in [0.717, 1.165) is 76.6 Å². The molecule has 0 unspecified atom stereocenters. The van der Waals surface area contributed by atoms with E-state index in [-0.39, 0.29) is 11.7 Å². The Bertz CT molecular complexity index is 1540. The number of aromatic nitrogens is 4. The molecular formula is C31H34N6O2. The molecule has 8 heteroatoms. The molecule has 0 bridgehead atoms. The van der Waals surface area contributed by atoms with E-state index >= 15 is 0 Å². The molecule has 200 valence electrons. The second-order valence-corrected chi connectivity index (χ2v) is 9.87. The molecule has 5 rings (SSSR count). The molecule has 1 amide bonds. The molecule has 3 aromatic heterocycles. The van der Waals surface area contributed by atoms with Crippen molar-refractivity contribution in [3.05, 3.63) is 83.2 Å². The highest BCUT2D eigenvalue weighted by Crippen LogP contribution is 2.37. The van der Waals surface area contributed by atoms with Gasteiger partial charge in [0.25, 0.3) is 5.91 Å². The molecule has 39 heavy (non-hydrogen) atoms. The minimum Gasteiger partial charge on any atom is -0.358 e. The first-order valence-corrected chi connectivity index (χ1v) is 13.5. The Morgan fingerprint density at radius 3 is 2.67 bits per heavy atom. The summed E-state index contributed by atoms with van der Waals surface area (Å²) in [4.78, 5) is 35.9. The van der Waals surface area contributed by atoms with E-state index in [2.05, 4.69) is 39.1 Å². The average molecular weight is 523 g/mol. The van der Waals surface area contributed by atoms with E-state index < -0.39 is 0 Å². The van der Waals surface area contributed by atoms with E-state index in [1.807, 2.05) is 56.5 Å². The highest BCUT2D eigenvalue weighted by atomic mass is 16.2. The lowest BCUT2D eigenvalue weighted by molar-refractivity contribution is -0.110. The van der Waals surface area contributed by atoms with Crippen LogP contribution in [0.4, 0.5) is 5.69 Å². The molecule has 8 nitrogen and oxygen atoms in total. The average Bonchev–Trinajstić information content (AvgIpc) is 3.63. The number of Topliss-reactive ketones (excluding diaryl/α,β-unsaturated/α-hetero) is 1. The second kappa shape index (κ2) is 11.2. The van der Waals surface area contributed by atoms with Crippen LogP contribution >= 0.6 is 0 Å². The highest BCUT2D eigenvalue weighted by molar-refractivity contribution is 6.35. The molecule has 0 radical (unpaired) electrons. The van der Waals surface area contributed by atoms with Gasteiger partial charge in [0, 0.05) is 52.6 Å². The first kappa shape index (κ1) is 26.3. The summed E-state index contributed by atoms with van der Waals surface area (Å²) in [6.45, 7) is 11.0. The number of benzene rings is 1. The number of pyridine rings is 1. The number of hydrogen-bond acceptors (Lipinski definition) is 5. The summed E-state index contributed by atoms with van der Waals surface area (Å²) in [5.74, 6) is -0.0193. The Hall–Kier alpha value is -4.30. The maximum absolute atomic E-state index is 13.1. The Morgan fingerprint density at radius 2 is 1.92 bits per heavy atom. The van der Waals surface area contributed by atoms with Gasteiger partial charge in [-0.15, -0.1) is 0 Å². The zero-order valence-corrected chi connectivity index (χ0v) is 22.9. The van der Waals surface area contributed by atoms with Crippen LogP contribution in [0.3, 0.4) is 0 Å². The monoisotopic (exact) mass is 522 g/mol. The number of aromatic amines is 1. The number of rotatable bonds is 10. The summed E-state index contributed by atoms with van der Waals surface area (Å²) in [5.41, 5.74) is 8.15. The van der Waals surface area contributed by atoms with Crippen LogP contribution in [0.5, 0.6) is 0 Å². The fourth-order valence-electron chi connectivity index (χ4n) is 5.22. The summed E-state index contributed by atoms with van der Waals surface area (Å²) < 4.78 is 1.78. The number of hydrogen-bond donors (Lipinski definition) is 2. The van der Waals surface area contributed by atoms with Crippen LogP contribution in [0.15, 0.2) is 55.1 Å². The minimum atomic E-state index is -0.160. The Balaban J connectivity index is 1.41. The second-order valence-electron chi connectivity index (χ2n) is 9.87. The zero-order valence-electron chi connectivity index (χ0n) is 22.9. The van der Waals surface area contributed by atoms with Gasteiger partial charge in [0.1, 0.15) is 0 Å². The van der Waals surface area contributed by atoms with Crippen LogP contribution in [0.1, 0.15) is 59.6 Å². The number of carbonyl (C=O) groups is 2. The fourth-order valence-corrected chi connectivity index (χ4v) is 5.22. The predicted molar refractivity (Wildman–Crippen MR) is 155 cm³/mol. The van der Waals surface area contributed by atoms with Crippen molar-refractivity contribution in [3.8, 4) is 16.8 Å². The third kappa shape index (κ3) is 5.33.